The lowest BCUT2D eigenvalue weighted by Crippen LogP contribution is -1.93. The Balaban J connectivity index is 2.52. The fourth-order valence-corrected chi connectivity index (χ4v) is 0.958. The number of nitrogens with zero attached hydrogens (tertiary/aromatic N) is 1. The molecule has 0 aromatic rings. The van der Waals surface area contributed by atoms with Crippen molar-refractivity contribution in [3.05, 3.63) is 12.2 Å². The lowest BCUT2D eigenvalue weighted by atomic mass is 10.2. The molecule has 9 heavy (non-hydrogen) atoms. The van der Waals surface area contributed by atoms with E-state index in [0.717, 1.165) is 12.8 Å². The van der Waals surface area contributed by atoms with Gasteiger partial charge in [0.15, 0.2) is 0 Å². The number of allylic oxidation sites excluding steroid dienone is 1. The molecule has 0 saturated heterocycles. The minimum Gasteiger partial charge on any atom is -0.282 e. The largest absolute Gasteiger partial charge is 0.282 e. The molecule has 1 heteroatoms. The average molecular weight is 123 g/mol. The summed E-state index contributed by atoms with van der Waals surface area (Å²) >= 11 is 0. The average Bonchev–Trinajstić information content (AvgIpc) is 2.34. The molecule has 1 aliphatic rings. The molecule has 0 saturated carbocycles. The van der Waals surface area contributed by atoms with Gasteiger partial charge < -0.3 is 0 Å². The summed E-state index contributed by atoms with van der Waals surface area (Å²) in [6, 6.07) is 0.486. The van der Waals surface area contributed by atoms with Crippen molar-refractivity contribution in [1.29, 1.82) is 0 Å². The molecule has 0 N–H and O–H groups in total. The highest BCUT2D eigenvalue weighted by Gasteiger charge is 2.05. The lowest BCUT2D eigenvalue weighted by Gasteiger charge is -1.96. The van der Waals surface area contributed by atoms with E-state index in [2.05, 4.69) is 31.0 Å². The number of hydrogen-bond donors (Lipinski definition) is 0. The topological polar surface area (TPSA) is 12.4 Å². The van der Waals surface area contributed by atoms with Crippen molar-refractivity contribution in [1.82, 2.24) is 0 Å². The van der Waals surface area contributed by atoms with Crippen molar-refractivity contribution in [2.24, 2.45) is 4.99 Å². The second-order valence-corrected chi connectivity index (χ2v) is 2.31. The predicted octanol–water partition coefficient (Wildman–Crippen LogP) is 2.19. The van der Waals surface area contributed by atoms with E-state index < -0.39 is 0 Å². The number of hydrogen-bond acceptors (Lipinski definition) is 1. The van der Waals surface area contributed by atoms with Crippen LogP contribution in [0, 0.1) is 0 Å². The Hall–Kier alpha value is -0.590. The summed E-state index contributed by atoms with van der Waals surface area (Å²) in [4.78, 5) is 4.43. The quantitative estimate of drug-likeness (QED) is 0.533. The van der Waals surface area contributed by atoms with Crippen molar-refractivity contribution in [3.63, 3.8) is 0 Å². The molecule has 1 nitrogen and oxygen atoms in total. The summed E-state index contributed by atoms with van der Waals surface area (Å²) in [6.07, 6.45) is 6.53. The van der Waals surface area contributed by atoms with Crippen LogP contribution in [0.3, 0.4) is 0 Å². The molecule has 1 heterocycles. The van der Waals surface area contributed by atoms with Crippen LogP contribution < -0.4 is 0 Å². The van der Waals surface area contributed by atoms with Crippen LogP contribution in [0.1, 0.15) is 26.7 Å². The van der Waals surface area contributed by atoms with E-state index in [0.29, 0.717) is 6.04 Å². The van der Waals surface area contributed by atoms with E-state index in [4.69, 9.17) is 0 Å². The molecule has 0 aliphatic carbocycles. The molecular weight excluding hydrogens is 110 g/mol. The Morgan fingerprint density at radius 3 is 2.67 bits per heavy atom. The first kappa shape index (κ1) is 6.53. The van der Waals surface area contributed by atoms with Crippen LogP contribution in [0.2, 0.25) is 0 Å². The van der Waals surface area contributed by atoms with Gasteiger partial charge in [0.2, 0.25) is 0 Å². The van der Waals surface area contributed by atoms with Crippen LogP contribution >= 0.6 is 0 Å². The van der Waals surface area contributed by atoms with Crippen LogP contribution in [-0.2, 0) is 0 Å². The molecule has 0 radical (unpaired) electrons. The smallest absolute Gasteiger partial charge is 0.0684 e. The zero-order valence-electron chi connectivity index (χ0n) is 6.09. The van der Waals surface area contributed by atoms with Crippen LogP contribution in [0.5, 0.6) is 0 Å². The monoisotopic (exact) mass is 123 g/mol. The maximum atomic E-state index is 4.43. The Morgan fingerprint density at radius 2 is 2.33 bits per heavy atom. The molecule has 50 valence electrons. The molecular formula is C8H13N. The Morgan fingerprint density at radius 1 is 1.56 bits per heavy atom. The Kier molecular flexibility index (Phi) is 2.04. The maximum absolute atomic E-state index is 4.43. The van der Waals surface area contributed by atoms with Gasteiger partial charge in [0.1, 0.15) is 0 Å². The van der Waals surface area contributed by atoms with Gasteiger partial charge in [-0.1, -0.05) is 19.9 Å². The van der Waals surface area contributed by atoms with Crippen molar-refractivity contribution in [3.8, 4) is 0 Å². The first-order valence-corrected chi connectivity index (χ1v) is 3.61. The fraction of sp³-hybridized carbons (Fsp3) is 0.625. The maximum Gasteiger partial charge on any atom is 0.0684 e. The van der Waals surface area contributed by atoms with Crippen molar-refractivity contribution in [2.45, 2.75) is 32.7 Å². The van der Waals surface area contributed by atoms with Gasteiger partial charge in [0.05, 0.1) is 6.04 Å². The zero-order valence-corrected chi connectivity index (χ0v) is 6.09. The summed E-state index contributed by atoms with van der Waals surface area (Å²) in [5.74, 6) is 0. The van der Waals surface area contributed by atoms with E-state index in [1.165, 1.54) is 5.71 Å². The highest BCUT2D eigenvalue weighted by atomic mass is 14.8. The van der Waals surface area contributed by atoms with Gasteiger partial charge in [-0.3, -0.25) is 4.99 Å². The molecule has 1 unspecified atom stereocenters. The normalized spacial score (nSPS) is 24.7. The lowest BCUT2D eigenvalue weighted by molar-refractivity contribution is 0.795. The molecule has 1 atom stereocenters. The fourth-order valence-electron chi connectivity index (χ4n) is 0.958. The highest BCUT2D eigenvalue weighted by Crippen LogP contribution is 2.08. The Labute approximate surface area is 56.5 Å². The standard InChI is InChI=1S/C8H13N/c1-3-7-5-6-8(4-2)9-7/h5-7H,3-4H2,1-2H3. The molecule has 1 rings (SSSR count). The van der Waals surface area contributed by atoms with E-state index in [1.54, 1.807) is 0 Å². The van der Waals surface area contributed by atoms with Gasteiger partial charge in [-0.2, -0.15) is 0 Å². The molecule has 1 aliphatic heterocycles. The summed E-state index contributed by atoms with van der Waals surface area (Å²) in [6.45, 7) is 4.30. The third kappa shape index (κ3) is 1.41. The summed E-state index contributed by atoms with van der Waals surface area (Å²) < 4.78 is 0. The number of aliphatic imine (C=N–C) groups is 1. The molecule has 0 aromatic carbocycles. The third-order valence-electron chi connectivity index (χ3n) is 1.62. The second-order valence-electron chi connectivity index (χ2n) is 2.31. The van der Waals surface area contributed by atoms with Crippen LogP contribution in [0.4, 0.5) is 0 Å². The summed E-state index contributed by atoms with van der Waals surface area (Å²) in [5, 5.41) is 0. The molecule has 0 bridgehead atoms. The van der Waals surface area contributed by atoms with E-state index in [1.807, 2.05) is 0 Å². The third-order valence-corrected chi connectivity index (χ3v) is 1.62. The zero-order chi connectivity index (χ0) is 6.69. The van der Waals surface area contributed by atoms with Crippen LogP contribution in [0.25, 0.3) is 0 Å². The molecule has 0 aromatic heterocycles. The van der Waals surface area contributed by atoms with Gasteiger partial charge in [0, 0.05) is 5.71 Å². The van der Waals surface area contributed by atoms with E-state index >= 15 is 0 Å². The van der Waals surface area contributed by atoms with E-state index in [-0.39, 0.29) is 0 Å². The molecule has 0 amide bonds. The van der Waals surface area contributed by atoms with Gasteiger partial charge in [-0.05, 0) is 18.9 Å². The van der Waals surface area contributed by atoms with Crippen molar-refractivity contribution in [2.75, 3.05) is 0 Å². The summed E-state index contributed by atoms with van der Waals surface area (Å²) in [7, 11) is 0. The van der Waals surface area contributed by atoms with Crippen molar-refractivity contribution < 1.29 is 0 Å². The van der Waals surface area contributed by atoms with Crippen LogP contribution in [0.15, 0.2) is 17.1 Å². The van der Waals surface area contributed by atoms with Crippen LogP contribution in [-0.4, -0.2) is 11.8 Å². The SMILES string of the molecule is CCC1=NC(CC)C=C1. The predicted molar refractivity (Wildman–Crippen MR) is 40.9 cm³/mol. The highest BCUT2D eigenvalue weighted by molar-refractivity contribution is 5.96. The van der Waals surface area contributed by atoms with Gasteiger partial charge in [-0.15, -0.1) is 0 Å². The minimum atomic E-state index is 0.486. The Bertz CT molecular complexity index is 145. The van der Waals surface area contributed by atoms with E-state index in [9.17, 15) is 0 Å². The van der Waals surface area contributed by atoms with Gasteiger partial charge >= 0.3 is 0 Å². The first-order valence-electron chi connectivity index (χ1n) is 3.61. The summed E-state index contributed by atoms with van der Waals surface area (Å²) in [5.41, 5.74) is 1.25. The molecule has 0 spiro atoms. The van der Waals surface area contributed by atoms with Gasteiger partial charge in [-0.25, -0.2) is 0 Å². The number of rotatable bonds is 2. The van der Waals surface area contributed by atoms with Gasteiger partial charge in [0.25, 0.3) is 0 Å². The van der Waals surface area contributed by atoms with Crippen molar-refractivity contribution >= 4 is 5.71 Å². The second kappa shape index (κ2) is 2.81. The minimum absolute atomic E-state index is 0.486. The molecule has 0 fully saturated rings. The first-order chi connectivity index (χ1) is 4.36.